The van der Waals surface area contributed by atoms with Gasteiger partial charge in [0.15, 0.2) is 0 Å². The maximum Gasteiger partial charge on any atom is 0.407 e. The van der Waals surface area contributed by atoms with E-state index in [0.717, 1.165) is 22.4 Å². The summed E-state index contributed by atoms with van der Waals surface area (Å²) in [6.45, 7) is 11.6. The number of carbonyl (C=O) groups excluding carboxylic acids is 1. The van der Waals surface area contributed by atoms with Crippen molar-refractivity contribution in [3.8, 4) is 11.1 Å². The van der Waals surface area contributed by atoms with Crippen LogP contribution < -0.4 is 5.32 Å². The molecule has 0 aliphatic rings. The molecule has 1 aromatic heterocycles. The number of benzene rings is 1. The van der Waals surface area contributed by atoms with Crippen molar-refractivity contribution in [3.05, 3.63) is 57.4 Å². The fourth-order valence-corrected chi connectivity index (χ4v) is 3.01. The largest absolute Gasteiger partial charge is 0.444 e. The summed E-state index contributed by atoms with van der Waals surface area (Å²) in [5.74, 6) is 0.0905. The van der Waals surface area contributed by atoms with Gasteiger partial charge in [-0.25, -0.2) is 4.79 Å². The second-order valence-electron chi connectivity index (χ2n) is 8.10. The first-order valence-electron chi connectivity index (χ1n) is 9.74. The highest BCUT2D eigenvalue weighted by molar-refractivity contribution is 5.70. The van der Waals surface area contributed by atoms with Gasteiger partial charge >= 0.3 is 6.09 Å². The number of hydrogen-bond acceptors (Lipinski definition) is 5. The van der Waals surface area contributed by atoms with E-state index < -0.39 is 16.6 Å². The van der Waals surface area contributed by atoms with Crippen LogP contribution in [0.4, 0.5) is 10.5 Å². The lowest BCUT2D eigenvalue weighted by Crippen LogP contribution is -2.34. The Balaban J connectivity index is 2.17. The number of ether oxygens (including phenoxy) is 1. The minimum atomic E-state index is -0.531. The number of pyridine rings is 1. The van der Waals surface area contributed by atoms with E-state index in [0.29, 0.717) is 18.7 Å². The van der Waals surface area contributed by atoms with E-state index in [1.165, 1.54) is 0 Å². The lowest BCUT2D eigenvalue weighted by Gasteiger charge is -2.21. The Morgan fingerprint density at radius 2 is 1.90 bits per heavy atom. The van der Waals surface area contributed by atoms with Crippen molar-refractivity contribution in [1.82, 2.24) is 10.3 Å². The van der Waals surface area contributed by atoms with Gasteiger partial charge in [0.1, 0.15) is 11.3 Å². The zero-order valence-corrected chi connectivity index (χ0v) is 17.9. The third kappa shape index (κ3) is 6.01. The highest BCUT2D eigenvalue weighted by Crippen LogP contribution is 2.30. The molecule has 0 bridgehead atoms. The Morgan fingerprint density at radius 3 is 2.41 bits per heavy atom. The van der Waals surface area contributed by atoms with Gasteiger partial charge < -0.3 is 10.1 Å². The number of aromatic nitrogens is 1. The topological polar surface area (TPSA) is 94.4 Å². The predicted molar refractivity (Wildman–Crippen MR) is 113 cm³/mol. The van der Waals surface area contributed by atoms with Gasteiger partial charge in [0.2, 0.25) is 0 Å². The highest BCUT2D eigenvalue weighted by atomic mass is 16.6. The zero-order valence-electron chi connectivity index (χ0n) is 17.9. The molecule has 156 valence electrons. The summed E-state index contributed by atoms with van der Waals surface area (Å²) in [5, 5.41) is 14.1. The molecule has 1 heterocycles. The van der Waals surface area contributed by atoms with Crippen molar-refractivity contribution < 1.29 is 14.5 Å². The second kappa shape index (κ2) is 9.03. The number of alkyl carbamates (subject to hydrolysis) is 1. The number of nitrogens with one attached hydrogen (secondary N) is 1. The van der Waals surface area contributed by atoms with Gasteiger partial charge in [-0.15, -0.1) is 0 Å². The SMILES string of the molecule is CCc1nc(C)c([N+](=O)[O-])cc1-c1ccc(C(C)CNC(=O)OC(C)(C)C)cc1. The number of aryl methyl sites for hydroxylation is 2. The molecule has 0 aliphatic carbocycles. The van der Waals surface area contributed by atoms with Gasteiger partial charge in [-0.1, -0.05) is 38.1 Å². The number of amides is 1. The maximum atomic E-state index is 11.8. The van der Waals surface area contributed by atoms with Crippen LogP contribution in [-0.4, -0.2) is 28.1 Å². The molecule has 29 heavy (non-hydrogen) atoms. The summed E-state index contributed by atoms with van der Waals surface area (Å²) < 4.78 is 5.25. The van der Waals surface area contributed by atoms with Crippen LogP contribution in [0, 0.1) is 17.0 Å². The molecule has 0 saturated heterocycles. The smallest absolute Gasteiger partial charge is 0.407 e. The molecule has 2 rings (SSSR count). The normalized spacial score (nSPS) is 12.3. The quantitative estimate of drug-likeness (QED) is 0.535. The third-order valence-corrected chi connectivity index (χ3v) is 4.54. The molecule has 1 aromatic carbocycles. The van der Waals surface area contributed by atoms with Gasteiger partial charge in [0.05, 0.1) is 4.92 Å². The minimum Gasteiger partial charge on any atom is -0.444 e. The van der Waals surface area contributed by atoms with Crippen molar-refractivity contribution in [1.29, 1.82) is 0 Å². The number of hydrogen-bond donors (Lipinski definition) is 1. The third-order valence-electron chi connectivity index (χ3n) is 4.54. The Hall–Kier alpha value is -2.96. The average Bonchev–Trinajstić information content (AvgIpc) is 2.64. The molecule has 1 N–H and O–H groups in total. The lowest BCUT2D eigenvalue weighted by molar-refractivity contribution is -0.385. The molecule has 1 amide bonds. The van der Waals surface area contributed by atoms with Crippen LogP contribution in [0.2, 0.25) is 0 Å². The average molecular weight is 399 g/mol. The Morgan fingerprint density at radius 1 is 1.28 bits per heavy atom. The summed E-state index contributed by atoms with van der Waals surface area (Å²) in [6.07, 6.45) is 0.248. The fraction of sp³-hybridized carbons (Fsp3) is 0.455. The predicted octanol–water partition coefficient (Wildman–Crippen LogP) is 5.16. The van der Waals surface area contributed by atoms with Crippen LogP contribution in [0.25, 0.3) is 11.1 Å². The molecule has 1 atom stereocenters. The monoisotopic (exact) mass is 399 g/mol. The van der Waals surface area contributed by atoms with Crippen LogP contribution in [0.5, 0.6) is 0 Å². The molecule has 0 spiro atoms. The molecule has 0 saturated carbocycles. The molecular formula is C22H29N3O4. The van der Waals surface area contributed by atoms with Crippen LogP contribution in [-0.2, 0) is 11.2 Å². The van der Waals surface area contributed by atoms with E-state index in [1.54, 1.807) is 13.0 Å². The van der Waals surface area contributed by atoms with Crippen molar-refractivity contribution in [2.24, 2.45) is 0 Å². The molecule has 0 aliphatic heterocycles. The van der Waals surface area contributed by atoms with Crippen molar-refractivity contribution >= 4 is 11.8 Å². The first-order chi connectivity index (χ1) is 13.5. The Bertz CT molecular complexity index is 886. The van der Waals surface area contributed by atoms with Gasteiger partial charge in [0, 0.05) is 23.9 Å². The van der Waals surface area contributed by atoms with E-state index in [2.05, 4.69) is 10.3 Å². The van der Waals surface area contributed by atoms with Crippen LogP contribution in [0.15, 0.2) is 30.3 Å². The number of nitrogens with zero attached hydrogens (tertiary/aromatic N) is 2. The Kier molecular flexibility index (Phi) is 6.95. The van der Waals surface area contributed by atoms with Crippen molar-refractivity contribution in [3.63, 3.8) is 0 Å². The molecule has 1 unspecified atom stereocenters. The van der Waals surface area contributed by atoms with Gasteiger partial charge in [-0.05, 0) is 51.2 Å². The maximum absolute atomic E-state index is 11.8. The summed E-state index contributed by atoms with van der Waals surface area (Å²) in [7, 11) is 0. The Labute approximate surface area is 171 Å². The van der Waals surface area contributed by atoms with Crippen LogP contribution >= 0.6 is 0 Å². The lowest BCUT2D eigenvalue weighted by atomic mass is 9.96. The second-order valence-corrected chi connectivity index (χ2v) is 8.10. The standard InChI is InChI=1S/C22H29N3O4/c1-7-19-18(12-20(25(27)28)15(3)24-19)17-10-8-16(9-11-17)14(2)13-23-21(26)29-22(4,5)6/h8-12,14H,7,13H2,1-6H3,(H,23,26). The molecule has 0 radical (unpaired) electrons. The van der Waals surface area contributed by atoms with Crippen LogP contribution in [0.1, 0.15) is 57.5 Å². The fourth-order valence-electron chi connectivity index (χ4n) is 3.01. The summed E-state index contributed by atoms with van der Waals surface area (Å²) in [6, 6.07) is 9.43. The summed E-state index contributed by atoms with van der Waals surface area (Å²) in [5.41, 5.74) is 3.46. The molecular weight excluding hydrogens is 370 g/mol. The molecule has 0 fully saturated rings. The first kappa shape index (κ1) is 22.3. The van der Waals surface area contributed by atoms with Gasteiger partial charge in [-0.3, -0.25) is 15.1 Å². The summed E-state index contributed by atoms with van der Waals surface area (Å²) >= 11 is 0. The van der Waals surface area contributed by atoms with Gasteiger partial charge in [0.25, 0.3) is 5.69 Å². The minimum absolute atomic E-state index is 0.0243. The zero-order chi connectivity index (χ0) is 21.8. The number of carbonyl (C=O) groups is 1. The van der Waals surface area contributed by atoms with Crippen molar-refractivity contribution in [2.45, 2.75) is 59.5 Å². The van der Waals surface area contributed by atoms with E-state index in [9.17, 15) is 14.9 Å². The van der Waals surface area contributed by atoms with E-state index in [1.807, 2.05) is 58.9 Å². The number of rotatable bonds is 6. The molecule has 7 heteroatoms. The van der Waals surface area contributed by atoms with E-state index >= 15 is 0 Å². The molecule has 7 nitrogen and oxygen atoms in total. The van der Waals surface area contributed by atoms with Crippen LogP contribution in [0.3, 0.4) is 0 Å². The molecule has 2 aromatic rings. The van der Waals surface area contributed by atoms with E-state index in [-0.39, 0.29) is 11.6 Å². The van der Waals surface area contributed by atoms with E-state index in [4.69, 9.17) is 4.74 Å². The van der Waals surface area contributed by atoms with Crippen molar-refractivity contribution in [2.75, 3.05) is 6.54 Å². The first-order valence-corrected chi connectivity index (χ1v) is 9.74. The number of nitro groups is 1. The van der Waals surface area contributed by atoms with Gasteiger partial charge in [-0.2, -0.15) is 0 Å². The highest BCUT2D eigenvalue weighted by Gasteiger charge is 2.19. The summed E-state index contributed by atoms with van der Waals surface area (Å²) in [4.78, 5) is 27.1.